The molecule has 0 bridgehead atoms. The Hall–Kier alpha value is -1.21. The van der Waals surface area contributed by atoms with Crippen LogP contribution >= 0.6 is 27.3 Å². The zero-order valence-electron chi connectivity index (χ0n) is 9.44. The summed E-state index contributed by atoms with van der Waals surface area (Å²) in [5, 5.41) is 5.01. The molecule has 2 N–H and O–H groups in total. The third kappa shape index (κ3) is 2.78. The highest BCUT2D eigenvalue weighted by Gasteiger charge is 2.27. The fourth-order valence-corrected chi connectivity index (χ4v) is 2.62. The number of rotatable bonds is 4. The third-order valence-electron chi connectivity index (χ3n) is 2.69. The van der Waals surface area contributed by atoms with Crippen molar-refractivity contribution in [2.45, 2.75) is 25.3 Å². The number of nitrogens with one attached hydrogen (secondary N) is 2. The van der Waals surface area contributed by atoms with Gasteiger partial charge in [0.1, 0.15) is 16.2 Å². The van der Waals surface area contributed by atoms with Gasteiger partial charge in [-0.25, -0.2) is 9.97 Å². The first-order valence-corrected chi connectivity index (χ1v) is 7.33. The minimum atomic E-state index is -0.0330. The minimum Gasteiger partial charge on any atom is -0.364 e. The molecule has 0 atom stereocenters. The van der Waals surface area contributed by atoms with Gasteiger partial charge in [0.05, 0.1) is 6.54 Å². The number of aromatic nitrogens is 3. The van der Waals surface area contributed by atoms with E-state index in [4.69, 9.17) is 0 Å². The van der Waals surface area contributed by atoms with Crippen LogP contribution in [0.1, 0.15) is 30.3 Å². The summed E-state index contributed by atoms with van der Waals surface area (Å²) in [5.74, 6) is 2.19. The Morgan fingerprint density at radius 2 is 2.33 bits per heavy atom. The van der Waals surface area contributed by atoms with Gasteiger partial charge in [0.2, 0.25) is 0 Å². The lowest BCUT2D eigenvalue weighted by molar-refractivity contribution is 0.907. The van der Waals surface area contributed by atoms with Crippen molar-refractivity contribution < 1.29 is 0 Å². The van der Waals surface area contributed by atoms with E-state index in [9.17, 15) is 4.79 Å². The molecule has 0 aliphatic heterocycles. The van der Waals surface area contributed by atoms with E-state index in [0.717, 1.165) is 21.9 Å². The molecule has 1 aliphatic carbocycles. The van der Waals surface area contributed by atoms with Gasteiger partial charge < -0.3 is 10.3 Å². The van der Waals surface area contributed by atoms with E-state index in [-0.39, 0.29) is 4.87 Å². The number of thiazole rings is 1. The molecule has 2 aromatic rings. The number of H-pyrrole nitrogens is 1. The summed E-state index contributed by atoms with van der Waals surface area (Å²) in [7, 11) is 0. The zero-order chi connectivity index (χ0) is 12.5. The van der Waals surface area contributed by atoms with Crippen LogP contribution in [0.25, 0.3) is 0 Å². The van der Waals surface area contributed by atoms with Crippen LogP contribution in [0, 0.1) is 0 Å². The summed E-state index contributed by atoms with van der Waals surface area (Å²) in [6, 6.07) is 1.84. The fourth-order valence-electron chi connectivity index (χ4n) is 1.64. The average Bonchev–Trinajstić information content (AvgIpc) is 3.10. The molecule has 18 heavy (non-hydrogen) atoms. The van der Waals surface area contributed by atoms with Gasteiger partial charge in [-0.15, -0.1) is 0 Å². The standard InChI is InChI=1S/C11H11BrN4OS/c12-8-3-9(16-10(15-8)6-1-2-6)13-4-7-5-18-11(17)14-7/h3,5-6H,1-2,4H2,(H,14,17)(H,13,15,16). The quantitative estimate of drug-likeness (QED) is 0.847. The van der Waals surface area contributed by atoms with E-state index >= 15 is 0 Å². The molecule has 1 saturated carbocycles. The maximum absolute atomic E-state index is 11.0. The first kappa shape index (κ1) is 11.9. The molecular weight excluding hydrogens is 316 g/mol. The lowest BCUT2D eigenvalue weighted by atomic mass is 10.4. The van der Waals surface area contributed by atoms with Crippen LogP contribution in [0.4, 0.5) is 5.82 Å². The van der Waals surface area contributed by atoms with Crippen LogP contribution in [0.5, 0.6) is 0 Å². The number of aromatic amines is 1. The third-order valence-corrected chi connectivity index (χ3v) is 3.81. The van der Waals surface area contributed by atoms with Crippen molar-refractivity contribution in [2.24, 2.45) is 0 Å². The second-order valence-electron chi connectivity index (χ2n) is 4.24. The molecule has 0 amide bonds. The second-order valence-corrected chi connectivity index (χ2v) is 5.89. The Labute approximate surface area is 116 Å². The fraction of sp³-hybridized carbons (Fsp3) is 0.364. The smallest absolute Gasteiger partial charge is 0.304 e. The molecule has 0 aromatic carbocycles. The molecule has 3 rings (SSSR count). The molecule has 0 spiro atoms. The van der Waals surface area contributed by atoms with E-state index < -0.39 is 0 Å². The summed E-state index contributed by atoms with van der Waals surface area (Å²) in [6.45, 7) is 0.562. The molecule has 2 heterocycles. The van der Waals surface area contributed by atoms with Crippen molar-refractivity contribution in [1.29, 1.82) is 0 Å². The van der Waals surface area contributed by atoms with Gasteiger partial charge in [-0.05, 0) is 28.8 Å². The number of nitrogens with zero attached hydrogens (tertiary/aromatic N) is 2. The van der Waals surface area contributed by atoms with Crippen LogP contribution in [0.2, 0.25) is 0 Å². The highest BCUT2D eigenvalue weighted by Crippen LogP contribution is 2.38. The number of halogens is 1. The maximum Gasteiger partial charge on any atom is 0.304 e. The zero-order valence-corrected chi connectivity index (χ0v) is 11.8. The van der Waals surface area contributed by atoms with Gasteiger partial charge >= 0.3 is 4.87 Å². The van der Waals surface area contributed by atoms with Gasteiger partial charge in [-0.1, -0.05) is 11.3 Å². The van der Waals surface area contributed by atoms with E-state index in [1.165, 1.54) is 24.2 Å². The van der Waals surface area contributed by atoms with Crippen molar-refractivity contribution in [3.63, 3.8) is 0 Å². The highest BCUT2D eigenvalue weighted by molar-refractivity contribution is 9.10. The molecule has 2 aromatic heterocycles. The van der Waals surface area contributed by atoms with Crippen LogP contribution in [0.3, 0.4) is 0 Å². The molecule has 0 radical (unpaired) electrons. The van der Waals surface area contributed by atoms with E-state index in [0.29, 0.717) is 12.5 Å². The molecule has 7 heteroatoms. The molecule has 1 fully saturated rings. The van der Waals surface area contributed by atoms with E-state index in [1.54, 1.807) is 0 Å². The summed E-state index contributed by atoms with van der Waals surface area (Å²) >= 11 is 4.56. The van der Waals surface area contributed by atoms with Crippen molar-refractivity contribution in [2.75, 3.05) is 5.32 Å². The lowest BCUT2D eigenvalue weighted by Gasteiger charge is -2.06. The van der Waals surface area contributed by atoms with Crippen LogP contribution in [0.15, 0.2) is 20.8 Å². The number of hydrogen-bond donors (Lipinski definition) is 2. The predicted octanol–water partition coefficient (Wildman–Crippen LogP) is 2.48. The van der Waals surface area contributed by atoms with Crippen LogP contribution < -0.4 is 10.2 Å². The van der Waals surface area contributed by atoms with Gasteiger partial charge in [0, 0.05) is 23.1 Å². The monoisotopic (exact) mass is 326 g/mol. The number of anilines is 1. The normalized spacial score (nSPS) is 14.7. The van der Waals surface area contributed by atoms with Crippen molar-refractivity contribution in [3.05, 3.63) is 37.2 Å². The SMILES string of the molecule is O=c1[nH]c(CNc2cc(Br)nc(C3CC3)n2)cs1. The topological polar surface area (TPSA) is 70.7 Å². The summed E-state index contributed by atoms with van der Waals surface area (Å²) in [4.78, 5) is 22.6. The molecule has 94 valence electrons. The van der Waals surface area contributed by atoms with Gasteiger partial charge in [0.15, 0.2) is 0 Å². The molecule has 0 saturated heterocycles. The Bertz CT molecular complexity index is 620. The first-order valence-electron chi connectivity index (χ1n) is 5.66. The van der Waals surface area contributed by atoms with E-state index in [1.807, 2.05) is 11.4 Å². The number of hydrogen-bond acceptors (Lipinski definition) is 5. The van der Waals surface area contributed by atoms with Gasteiger partial charge in [-0.3, -0.25) is 4.79 Å². The van der Waals surface area contributed by atoms with Crippen LogP contribution in [-0.2, 0) is 6.54 Å². The molecule has 1 aliphatic rings. The Morgan fingerprint density at radius 3 is 3.00 bits per heavy atom. The largest absolute Gasteiger partial charge is 0.364 e. The molecule has 5 nitrogen and oxygen atoms in total. The van der Waals surface area contributed by atoms with Crippen molar-refractivity contribution >= 4 is 33.1 Å². The lowest BCUT2D eigenvalue weighted by Crippen LogP contribution is -2.06. The predicted molar refractivity (Wildman–Crippen MR) is 74.0 cm³/mol. The van der Waals surface area contributed by atoms with Gasteiger partial charge in [0.25, 0.3) is 0 Å². The second kappa shape index (κ2) is 4.81. The first-order chi connectivity index (χ1) is 8.70. The summed E-state index contributed by atoms with van der Waals surface area (Å²) < 4.78 is 0.792. The Kier molecular flexibility index (Phi) is 3.17. The Morgan fingerprint density at radius 1 is 1.50 bits per heavy atom. The molecule has 0 unspecified atom stereocenters. The van der Waals surface area contributed by atoms with Crippen LogP contribution in [-0.4, -0.2) is 15.0 Å². The van der Waals surface area contributed by atoms with Crippen molar-refractivity contribution in [3.8, 4) is 0 Å². The maximum atomic E-state index is 11.0. The highest BCUT2D eigenvalue weighted by atomic mass is 79.9. The summed E-state index contributed by atoms with van der Waals surface area (Å²) in [6.07, 6.45) is 2.35. The van der Waals surface area contributed by atoms with Gasteiger partial charge in [-0.2, -0.15) is 0 Å². The van der Waals surface area contributed by atoms with Crippen molar-refractivity contribution in [1.82, 2.24) is 15.0 Å². The Balaban J connectivity index is 1.73. The van der Waals surface area contributed by atoms with E-state index in [2.05, 4.69) is 36.2 Å². The average molecular weight is 327 g/mol. The summed E-state index contributed by atoms with van der Waals surface area (Å²) in [5.41, 5.74) is 0.868. The minimum absolute atomic E-state index is 0.0330. The molecular formula is C11H11BrN4OS.